The van der Waals surface area contributed by atoms with Crippen LogP contribution in [-0.4, -0.2) is 45.2 Å². The molecule has 0 saturated carbocycles. The van der Waals surface area contributed by atoms with Gasteiger partial charge in [-0.1, -0.05) is 194 Å². The van der Waals surface area contributed by atoms with Gasteiger partial charge in [-0.25, -0.2) is 0 Å². The van der Waals surface area contributed by atoms with E-state index in [1.165, 1.54) is 167 Å². The molecule has 0 amide bonds. The lowest BCUT2D eigenvalue weighted by atomic mass is 10.0. The van der Waals surface area contributed by atoms with Gasteiger partial charge in [0.05, 0.1) is 0 Å². The Morgan fingerprint density at radius 1 is 0.404 bits per heavy atom. The lowest BCUT2D eigenvalue weighted by molar-refractivity contribution is -0.162. The fourth-order valence-corrected chi connectivity index (χ4v) is 6.11. The van der Waals surface area contributed by atoms with Crippen molar-refractivity contribution in [2.24, 2.45) is 0 Å². The number of unbranched alkanes of at least 4 members (excludes halogenated alkanes) is 28. The van der Waals surface area contributed by atoms with Gasteiger partial charge in [-0.2, -0.15) is 0 Å². The first-order chi connectivity index (χ1) is 23.1. The number of ether oxygens (including phenoxy) is 4. The third kappa shape index (κ3) is 37.5. The van der Waals surface area contributed by atoms with Gasteiger partial charge in [-0.05, 0) is 12.8 Å². The van der Waals surface area contributed by atoms with Crippen molar-refractivity contribution in [3.8, 4) is 0 Å². The summed E-state index contributed by atoms with van der Waals surface area (Å²) in [6.07, 6.45) is 39.3. The quantitative estimate of drug-likeness (QED) is 0.0369. The molecular weight excluding hydrogens is 588 g/mol. The van der Waals surface area contributed by atoms with E-state index in [4.69, 9.17) is 18.9 Å². The zero-order valence-electron chi connectivity index (χ0n) is 31.8. The van der Waals surface area contributed by atoms with E-state index < -0.39 is 6.10 Å². The number of esters is 2. The average molecular weight is 669 g/mol. The van der Waals surface area contributed by atoms with E-state index in [1.54, 1.807) is 7.11 Å². The minimum atomic E-state index is -0.509. The first-order valence-corrected chi connectivity index (χ1v) is 20.6. The van der Waals surface area contributed by atoms with Crippen LogP contribution >= 0.6 is 0 Å². The largest absolute Gasteiger partial charge is 0.463 e. The molecular formula is C41H80O6. The van der Waals surface area contributed by atoms with Gasteiger partial charge < -0.3 is 18.9 Å². The van der Waals surface area contributed by atoms with Crippen molar-refractivity contribution in [1.82, 2.24) is 0 Å². The normalized spacial score (nSPS) is 11.4. The second-order valence-electron chi connectivity index (χ2n) is 14.0. The van der Waals surface area contributed by atoms with Crippen LogP contribution in [0, 0.1) is 0 Å². The standard InChI is InChI=1S/C41H80O6/c1-4-6-8-10-12-14-16-18-20-22-24-26-28-30-32-34-40(42)45-36-39(47-38-44-3)37-46-41(43)35-33-31-29-27-25-23-21-19-17-15-13-11-9-7-5-2/h39H,4-38H2,1-3H3. The second-order valence-corrected chi connectivity index (χ2v) is 14.0. The maximum atomic E-state index is 12.2. The first kappa shape index (κ1) is 45.9. The molecule has 280 valence electrons. The van der Waals surface area contributed by atoms with Gasteiger partial charge in [0, 0.05) is 20.0 Å². The van der Waals surface area contributed by atoms with Gasteiger partial charge >= 0.3 is 11.9 Å². The van der Waals surface area contributed by atoms with E-state index in [1.807, 2.05) is 0 Å². The molecule has 0 radical (unpaired) electrons. The molecule has 0 aromatic carbocycles. The molecule has 0 heterocycles. The topological polar surface area (TPSA) is 71.1 Å². The van der Waals surface area contributed by atoms with Crippen molar-refractivity contribution in [2.45, 2.75) is 225 Å². The summed E-state index contributed by atoms with van der Waals surface area (Å²) in [7, 11) is 1.54. The average Bonchev–Trinajstić information content (AvgIpc) is 3.07. The number of hydrogen-bond donors (Lipinski definition) is 0. The van der Waals surface area contributed by atoms with Gasteiger partial charge in [0.25, 0.3) is 0 Å². The molecule has 0 aliphatic rings. The Hall–Kier alpha value is -1.14. The molecule has 0 unspecified atom stereocenters. The lowest BCUT2D eigenvalue weighted by Crippen LogP contribution is -2.29. The van der Waals surface area contributed by atoms with Crippen LogP contribution in [0.1, 0.15) is 219 Å². The SMILES string of the molecule is CCCCCCCCCCCCCCCCCC(=O)OCC(COC(=O)CCCCCCCCCCCCCCCCC)OCOC. The second kappa shape index (κ2) is 39.3. The number of carbonyl (C=O) groups is 2. The van der Waals surface area contributed by atoms with Gasteiger partial charge in [0.1, 0.15) is 26.1 Å². The maximum absolute atomic E-state index is 12.2. The molecule has 0 bridgehead atoms. The highest BCUT2D eigenvalue weighted by Crippen LogP contribution is 2.15. The predicted octanol–water partition coefficient (Wildman–Crippen LogP) is 12.6. The van der Waals surface area contributed by atoms with Crippen molar-refractivity contribution < 1.29 is 28.5 Å². The van der Waals surface area contributed by atoms with Crippen LogP contribution in [0.3, 0.4) is 0 Å². The van der Waals surface area contributed by atoms with E-state index in [2.05, 4.69) is 13.8 Å². The molecule has 0 atom stereocenters. The highest BCUT2D eigenvalue weighted by atomic mass is 16.7. The van der Waals surface area contributed by atoms with Crippen molar-refractivity contribution >= 4 is 11.9 Å². The molecule has 0 aliphatic heterocycles. The Labute approximate surface area is 292 Å². The number of rotatable bonds is 39. The lowest BCUT2D eigenvalue weighted by Gasteiger charge is -2.17. The fourth-order valence-electron chi connectivity index (χ4n) is 6.11. The van der Waals surface area contributed by atoms with Gasteiger partial charge in [-0.3, -0.25) is 9.59 Å². The predicted molar refractivity (Wildman–Crippen MR) is 198 cm³/mol. The summed E-state index contributed by atoms with van der Waals surface area (Å²) in [5.74, 6) is -0.426. The summed E-state index contributed by atoms with van der Waals surface area (Å²) < 4.78 is 21.4. The van der Waals surface area contributed by atoms with Crippen molar-refractivity contribution in [1.29, 1.82) is 0 Å². The van der Waals surface area contributed by atoms with Crippen LogP contribution < -0.4 is 0 Å². The Balaban J connectivity index is 3.67. The highest BCUT2D eigenvalue weighted by Gasteiger charge is 2.16. The number of hydrogen-bond acceptors (Lipinski definition) is 6. The molecule has 6 nitrogen and oxygen atoms in total. The third-order valence-electron chi connectivity index (χ3n) is 9.25. The smallest absolute Gasteiger partial charge is 0.305 e. The molecule has 47 heavy (non-hydrogen) atoms. The molecule has 0 aromatic rings. The molecule has 0 saturated heterocycles. The Morgan fingerprint density at radius 3 is 0.915 bits per heavy atom. The molecule has 0 aliphatic carbocycles. The minimum Gasteiger partial charge on any atom is -0.463 e. The molecule has 0 rings (SSSR count). The van der Waals surface area contributed by atoms with E-state index >= 15 is 0 Å². The van der Waals surface area contributed by atoms with Crippen LogP contribution in [0.2, 0.25) is 0 Å². The summed E-state index contributed by atoms with van der Waals surface area (Å²) in [5, 5.41) is 0. The van der Waals surface area contributed by atoms with Crippen molar-refractivity contribution in [3.05, 3.63) is 0 Å². The molecule has 6 heteroatoms. The van der Waals surface area contributed by atoms with Crippen molar-refractivity contribution in [3.63, 3.8) is 0 Å². The third-order valence-corrected chi connectivity index (χ3v) is 9.25. The molecule has 0 aromatic heterocycles. The molecule has 0 spiro atoms. The fraction of sp³-hybridized carbons (Fsp3) is 0.951. The van der Waals surface area contributed by atoms with Crippen molar-refractivity contribution in [2.75, 3.05) is 27.1 Å². The summed E-state index contributed by atoms with van der Waals surface area (Å²) in [6, 6.07) is 0. The first-order valence-electron chi connectivity index (χ1n) is 20.6. The zero-order valence-corrected chi connectivity index (χ0v) is 31.8. The summed E-state index contributed by atoms with van der Waals surface area (Å²) in [6.45, 7) is 4.77. The molecule has 0 fully saturated rings. The Kier molecular flexibility index (Phi) is 38.3. The Bertz CT molecular complexity index is 589. The monoisotopic (exact) mass is 669 g/mol. The highest BCUT2D eigenvalue weighted by molar-refractivity contribution is 5.69. The van der Waals surface area contributed by atoms with Gasteiger partial charge in [-0.15, -0.1) is 0 Å². The molecule has 0 N–H and O–H groups in total. The maximum Gasteiger partial charge on any atom is 0.305 e. The zero-order chi connectivity index (χ0) is 34.3. The Morgan fingerprint density at radius 2 is 0.660 bits per heavy atom. The minimum absolute atomic E-state index is 0.0673. The van der Waals surface area contributed by atoms with Gasteiger partial charge in [0.15, 0.2) is 0 Å². The summed E-state index contributed by atoms with van der Waals surface area (Å²) in [5.41, 5.74) is 0. The number of carbonyl (C=O) groups excluding carboxylic acids is 2. The van der Waals surface area contributed by atoms with Crippen LogP contribution in [0.4, 0.5) is 0 Å². The van der Waals surface area contributed by atoms with Gasteiger partial charge in [0.2, 0.25) is 0 Å². The summed E-state index contributed by atoms with van der Waals surface area (Å²) >= 11 is 0. The van der Waals surface area contributed by atoms with E-state index in [0.29, 0.717) is 12.8 Å². The van der Waals surface area contributed by atoms with E-state index in [-0.39, 0.29) is 31.9 Å². The van der Waals surface area contributed by atoms with Crippen LogP contribution in [0.5, 0.6) is 0 Å². The van der Waals surface area contributed by atoms with E-state index in [0.717, 1.165) is 25.7 Å². The van der Waals surface area contributed by atoms with Crippen LogP contribution in [0.25, 0.3) is 0 Å². The van der Waals surface area contributed by atoms with Crippen LogP contribution in [0.15, 0.2) is 0 Å². The van der Waals surface area contributed by atoms with Crippen LogP contribution in [-0.2, 0) is 28.5 Å². The summed E-state index contributed by atoms with van der Waals surface area (Å²) in [4.78, 5) is 24.5. The van der Waals surface area contributed by atoms with E-state index in [9.17, 15) is 9.59 Å². The number of methoxy groups -OCH3 is 1.